The summed E-state index contributed by atoms with van der Waals surface area (Å²) >= 11 is 0. The van der Waals surface area contributed by atoms with Crippen LogP contribution >= 0.6 is 0 Å². The van der Waals surface area contributed by atoms with Crippen LogP contribution < -0.4 is 11.1 Å². The van der Waals surface area contributed by atoms with Gasteiger partial charge in [-0.1, -0.05) is 51.1 Å². The van der Waals surface area contributed by atoms with Crippen molar-refractivity contribution in [2.75, 3.05) is 0 Å². The van der Waals surface area contributed by atoms with Gasteiger partial charge < -0.3 is 11.1 Å². The Morgan fingerprint density at radius 1 is 1.17 bits per heavy atom. The number of nitrogens with two attached hydrogens (primary N) is 1. The van der Waals surface area contributed by atoms with Gasteiger partial charge >= 0.3 is 0 Å². The largest absolute Gasteiger partial charge is 0.368 e. The standard InChI is InChI=1S/C22H23N5O2/c1-22(2,3)19(20(24)28)25-21(29)18-16-6-4-5-7-17(16)27(26-18)13-15-10-8-14(12-23)9-11-15/h4-11,19H,13H2,1-3H3,(H2,24,28)(H,25,29). The van der Waals surface area contributed by atoms with Crippen molar-refractivity contribution in [2.45, 2.75) is 33.4 Å². The molecule has 0 aliphatic heterocycles. The van der Waals surface area contributed by atoms with E-state index in [0.717, 1.165) is 11.1 Å². The number of hydrogen-bond donors (Lipinski definition) is 2. The first kappa shape index (κ1) is 20.1. The maximum Gasteiger partial charge on any atom is 0.273 e. The number of hydrogen-bond acceptors (Lipinski definition) is 4. The van der Waals surface area contributed by atoms with E-state index in [1.807, 2.05) is 57.2 Å². The van der Waals surface area contributed by atoms with Gasteiger partial charge in [-0.2, -0.15) is 10.4 Å². The normalized spacial score (nSPS) is 12.3. The summed E-state index contributed by atoms with van der Waals surface area (Å²) in [5, 5.41) is 16.9. The van der Waals surface area contributed by atoms with Crippen LogP contribution in [0.1, 0.15) is 42.4 Å². The second kappa shape index (κ2) is 7.76. The van der Waals surface area contributed by atoms with Gasteiger partial charge in [0.25, 0.3) is 5.91 Å². The molecule has 1 atom stereocenters. The molecule has 7 nitrogen and oxygen atoms in total. The summed E-state index contributed by atoms with van der Waals surface area (Å²) in [6.45, 7) is 5.96. The van der Waals surface area contributed by atoms with Gasteiger partial charge in [-0.3, -0.25) is 14.3 Å². The highest BCUT2D eigenvalue weighted by molar-refractivity contribution is 6.06. The Balaban J connectivity index is 1.96. The number of primary amides is 1. The molecule has 148 valence electrons. The van der Waals surface area contributed by atoms with E-state index in [1.165, 1.54) is 0 Å². The van der Waals surface area contributed by atoms with Crippen molar-refractivity contribution in [2.24, 2.45) is 11.1 Å². The van der Waals surface area contributed by atoms with Crippen molar-refractivity contribution in [1.82, 2.24) is 15.1 Å². The van der Waals surface area contributed by atoms with Crippen LogP contribution in [0.15, 0.2) is 48.5 Å². The zero-order valence-corrected chi connectivity index (χ0v) is 16.6. The van der Waals surface area contributed by atoms with Crippen LogP contribution in [0.3, 0.4) is 0 Å². The molecule has 0 aliphatic carbocycles. The fourth-order valence-corrected chi connectivity index (χ4v) is 3.19. The summed E-state index contributed by atoms with van der Waals surface area (Å²) in [5.74, 6) is -1.04. The van der Waals surface area contributed by atoms with E-state index in [0.29, 0.717) is 17.5 Å². The molecular weight excluding hydrogens is 366 g/mol. The summed E-state index contributed by atoms with van der Waals surface area (Å²) in [6.07, 6.45) is 0. The van der Waals surface area contributed by atoms with Gasteiger partial charge in [0.1, 0.15) is 6.04 Å². The Hall–Kier alpha value is -3.66. The molecule has 0 saturated carbocycles. The minimum absolute atomic E-state index is 0.241. The number of fused-ring (bicyclic) bond motifs is 1. The number of para-hydroxylation sites is 1. The number of carbonyl (C=O) groups is 2. The number of nitrogens with one attached hydrogen (secondary N) is 1. The fourth-order valence-electron chi connectivity index (χ4n) is 3.19. The molecule has 0 fully saturated rings. The Morgan fingerprint density at radius 2 is 1.83 bits per heavy atom. The first-order valence-electron chi connectivity index (χ1n) is 9.25. The topological polar surface area (TPSA) is 114 Å². The molecule has 1 aromatic heterocycles. The number of nitrogens with zero attached hydrogens (tertiary/aromatic N) is 3. The van der Waals surface area contributed by atoms with Gasteiger partial charge in [0, 0.05) is 5.39 Å². The monoisotopic (exact) mass is 389 g/mol. The molecule has 0 radical (unpaired) electrons. The van der Waals surface area contributed by atoms with Gasteiger partial charge in [-0.15, -0.1) is 0 Å². The molecule has 0 bridgehead atoms. The van der Waals surface area contributed by atoms with E-state index >= 15 is 0 Å². The van der Waals surface area contributed by atoms with Crippen LogP contribution in [0, 0.1) is 16.7 Å². The Bertz CT molecular complexity index is 1100. The van der Waals surface area contributed by atoms with E-state index in [2.05, 4.69) is 16.5 Å². The second-order valence-corrected chi connectivity index (χ2v) is 8.01. The lowest BCUT2D eigenvalue weighted by molar-refractivity contribution is -0.122. The first-order valence-corrected chi connectivity index (χ1v) is 9.25. The average molecular weight is 389 g/mol. The summed E-state index contributed by atoms with van der Waals surface area (Å²) in [5.41, 5.74) is 7.54. The smallest absolute Gasteiger partial charge is 0.273 e. The molecule has 29 heavy (non-hydrogen) atoms. The third-order valence-corrected chi connectivity index (χ3v) is 4.71. The fraction of sp³-hybridized carbons (Fsp3) is 0.273. The van der Waals surface area contributed by atoms with Gasteiger partial charge in [0.15, 0.2) is 5.69 Å². The van der Waals surface area contributed by atoms with Crippen molar-refractivity contribution in [1.29, 1.82) is 5.26 Å². The number of carbonyl (C=O) groups excluding carboxylic acids is 2. The van der Waals surface area contributed by atoms with E-state index in [1.54, 1.807) is 16.8 Å². The van der Waals surface area contributed by atoms with E-state index in [9.17, 15) is 9.59 Å². The molecule has 0 saturated heterocycles. The zero-order chi connectivity index (χ0) is 21.2. The van der Waals surface area contributed by atoms with Crippen molar-refractivity contribution >= 4 is 22.7 Å². The molecule has 0 aliphatic rings. The third kappa shape index (κ3) is 4.27. The Labute approximate surface area is 169 Å². The number of rotatable bonds is 5. The molecule has 1 unspecified atom stereocenters. The van der Waals surface area contributed by atoms with Crippen molar-refractivity contribution in [3.63, 3.8) is 0 Å². The lowest BCUT2D eigenvalue weighted by Crippen LogP contribution is -2.52. The average Bonchev–Trinajstić information content (AvgIpc) is 3.04. The molecule has 2 amide bonds. The summed E-state index contributed by atoms with van der Waals surface area (Å²) in [6, 6.07) is 15.9. The van der Waals surface area contributed by atoms with E-state index in [4.69, 9.17) is 11.0 Å². The molecule has 3 N–H and O–H groups in total. The maximum atomic E-state index is 12.9. The van der Waals surface area contributed by atoms with E-state index in [-0.39, 0.29) is 5.69 Å². The number of amides is 2. The Morgan fingerprint density at radius 3 is 2.41 bits per heavy atom. The van der Waals surface area contributed by atoms with E-state index < -0.39 is 23.3 Å². The highest BCUT2D eigenvalue weighted by Gasteiger charge is 2.32. The SMILES string of the molecule is CC(C)(C)C(NC(=O)c1nn(Cc2ccc(C#N)cc2)c2ccccc12)C(N)=O. The predicted molar refractivity (Wildman–Crippen MR) is 110 cm³/mol. The van der Waals surface area contributed by atoms with Gasteiger partial charge in [0.05, 0.1) is 23.7 Å². The molecule has 0 spiro atoms. The van der Waals surface area contributed by atoms with Crippen molar-refractivity contribution < 1.29 is 9.59 Å². The van der Waals surface area contributed by atoms with Crippen LogP contribution in [0.2, 0.25) is 0 Å². The highest BCUT2D eigenvalue weighted by Crippen LogP contribution is 2.22. The molecule has 7 heteroatoms. The minimum Gasteiger partial charge on any atom is -0.368 e. The minimum atomic E-state index is -0.822. The Kier molecular flexibility index (Phi) is 5.37. The number of aromatic nitrogens is 2. The zero-order valence-electron chi connectivity index (χ0n) is 16.6. The van der Waals surface area contributed by atoms with Crippen LogP contribution in [-0.2, 0) is 11.3 Å². The molecule has 3 rings (SSSR count). The summed E-state index contributed by atoms with van der Waals surface area (Å²) < 4.78 is 1.74. The number of nitriles is 1. The predicted octanol–water partition coefficient (Wildman–Crippen LogP) is 2.59. The van der Waals surface area contributed by atoms with Gasteiger partial charge in [-0.05, 0) is 29.2 Å². The summed E-state index contributed by atoms with van der Waals surface area (Å²) in [7, 11) is 0. The second-order valence-electron chi connectivity index (χ2n) is 8.01. The lowest BCUT2D eigenvalue weighted by atomic mass is 9.86. The molecule has 2 aromatic carbocycles. The third-order valence-electron chi connectivity index (χ3n) is 4.71. The summed E-state index contributed by atoms with van der Waals surface area (Å²) in [4.78, 5) is 24.8. The maximum absolute atomic E-state index is 12.9. The van der Waals surface area contributed by atoms with Gasteiger partial charge in [-0.25, -0.2) is 0 Å². The van der Waals surface area contributed by atoms with Crippen molar-refractivity contribution in [3.8, 4) is 6.07 Å². The molecule has 3 aromatic rings. The quantitative estimate of drug-likeness (QED) is 0.698. The van der Waals surface area contributed by atoms with Crippen LogP contribution in [0.25, 0.3) is 10.9 Å². The van der Waals surface area contributed by atoms with Gasteiger partial charge in [0.2, 0.25) is 5.91 Å². The highest BCUT2D eigenvalue weighted by atomic mass is 16.2. The van der Waals surface area contributed by atoms with Crippen LogP contribution in [0.5, 0.6) is 0 Å². The lowest BCUT2D eigenvalue weighted by Gasteiger charge is -2.28. The first-order chi connectivity index (χ1) is 13.7. The molecular formula is C22H23N5O2. The molecule has 1 heterocycles. The number of benzene rings is 2. The van der Waals surface area contributed by atoms with Crippen LogP contribution in [-0.4, -0.2) is 27.6 Å². The van der Waals surface area contributed by atoms with Crippen molar-refractivity contribution in [3.05, 3.63) is 65.4 Å². The van der Waals surface area contributed by atoms with Crippen LogP contribution in [0.4, 0.5) is 0 Å².